The fourth-order valence-corrected chi connectivity index (χ4v) is 4.03. The fraction of sp³-hybridized carbons (Fsp3) is 0.174. The lowest BCUT2D eigenvalue weighted by Gasteiger charge is -2.36. The molecule has 2 unspecified atom stereocenters. The molecule has 31 heavy (non-hydrogen) atoms. The van der Waals surface area contributed by atoms with Crippen molar-refractivity contribution in [3.8, 4) is 0 Å². The van der Waals surface area contributed by atoms with Crippen LogP contribution < -0.4 is 21.7 Å². The number of nitrogens with zero attached hydrogens (tertiary/aromatic N) is 3. The highest BCUT2D eigenvalue weighted by atomic mass is 16.1. The average molecular weight is 413 g/mol. The molecule has 1 amide bonds. The highest BCUT2D eigenvalue weighted by molar-refractivity contribution is 6.05. The minimum Gasteiger partial charge on any atom is -0.366 e. The summed E-state index contributed by atoms with van der Waals surface area (Å²) in [6.07, 6.45) is 7.67. The zero-order chi connectivity index (χ0) is 21.2. The van der Waals surface area contributed by atoms with Gasteiger partial charge < -0.3 is 11.1 Å². The van der Waals surface area contributed by atoms with Crippen molar-refractivity contribution in [1.29, 1.82) is 0 Å². The molecule has 2 aromatic carbocycles. The molecular formula is C23H23N7O. The Kier molecular flexibility index (Phi) is 5.07. The molecule has 2 atom stereocenters. The number of nitrogens with one attached hydrogen (secondary N) is 3. The van der Waals surface area contributed by atoms with Crippen LogP contribution in [-0.2, 0) is 6.54 Å². The Morgan fingerprint density at radius 2 is 2.06 bits per heavy atom. The number of carbonyl (C=O) groups is 1. The van der Waals surface area contributed by atoms with Gasteiger partial charge in [-0.05, 0) is 29.3 Å². The van der Waals surface area contributed by atoms with Crippen molar-refractivity contribution in [2.75, 3.05) is 0 Å². The largest absolute Gasteiger partial charge is 0.366 e. The summed E-state index contributed by atoms with van der Waals surface area (Å²) < 4.78 is 1.84. The summed E-state index contributed by atoms with van der Waals surface area (Å²) >= 11 is 0. The second kappa shape index (κ2) is 8.17. The van der Waals surface area contributed by atoms with Gasteiger partial charge in [0.1, 0.15) is 0 Å². The van der Waals surface area contributed by atoms with Gasteiger partial charge in [-0.15, -0.1) is 0 Å². The number of fused-ring (bicyclic) bond motifs is 1. The van der Waals surface area contributed by atoms with Gasteiger partial charge in [0.25, 0.3) is 0 Å². The lowest BCUT2D eigenvalue weighted by Crippen LogP contribution is -2.55. The Morgan fingerprint density at radius 3 is 2.90 bits per heavy atom. The molecule has 3 aromatic rings. The Hall–Kier alpha value is -3.75. The topological polar surface area (TPSA) is 109 Å². The maximum Gasteiger partial charge on any atom is 0.249 e. The predicted octanol–water partition coefficient (Wildman–Crippen LogP) is 2.14. The summed E-state index contributed by atoms with van der Waals surface area (Å²) in [6.45, 7) is 0.717. The van der Waals surface area contributed by atoms with E-state index in [1.54, 1.807) is 18.5 Å². The molecule has 0 saturated heterocycles. The SMILES string of the molecule is NC(=O)c1cccc2c1cnn2C1NC2=C(CC=NC=C2)C(NCc2ccccc2)N1. The predicted molar refractivity (Wildman–Crippen MR) is 120 cm³/mol. The van der Waals surface area contributed by atoms with Crippen LogP contribution in [0.1, 0.15) is 28.6 Å². The van der Waals surface area contributed by atoms with E-state index in [1.807, 2.05) is 47.3 Å². The molecule has 1 aromatic heterocycles. The van der Waals surface area contributed by atoms with Crippen LogP contribution in [0.4, 0.5) is 0 Å². The van der Waals surface area contributed by atoms with Gasteiger partial charge >= 0.3 is 0 Å². The zero-order valence-electron chi connectivity index (χ0n) is 16.8. The van der Waals surface area contributed by atoms with Crippen LogP contribution in [0, 0.1) is 0 Å². The van der Waals surface area contributed by atoms with E-state index in [9.17, 15) is 4.79 Å². The number of benzene rings is 2. The van der Waals surface area contributed by atoms with Gasteiger partial charge in [-0.3, -0.25) is 20.4 Å². The van der Waals surface area contributed by atoms with Crippen molar-refractivity contribution in [2.24, 2.45) is 10.7 Å². The minimum absolute atomic E-state index is 0.0887. The Bertz CT molecular complexity index is 1210. The normalized spacial score (nSPS) is 20.4. The second-order valence-electron chi connectivity index (χ2n) is 7.50. The molecular weight excluding hydrogens is 390 g/mol. The Labute approximate surface area is 179 Å². The van der Waals surface area contributed by atoms with Crippen molar-refractivity contribution in [3.63, 3.8) is 0 Å². The van der Waals surface area contributed by atoms with E-state index in [1.165, 1.54) is 11.1 Å². The summed E-state index contributed by atoms with van der Waals surface area (Å²) in [6, 6.07) is 15.7. The van der Waals surface area contributed by atoms with Crippen LogP contribution in [0.2, 0.25) is 0 Å². The van der Waals surface area contributed by atoms with Crippen molar-refractivity contribution >= 4 is 23.0 Å². The number of hydrogen-bond donors (Lipinski definition) is 4. The van der Waals surface area contributed by atoms with E-state index in [4.69, 9.17) is 5.73 Å². The Morgan fingerprint density at radius 1 is 1.19 bits per heavy atom. The van der Waals surface area contributed by atoms with Gasteiger partial charge in [-0.2, -0.15) is 5.10 Å². The van der Waals surface area contributed by atoms with E-state index < -0.39 is 5.91 Å². The van der Waals surface area contributed by atoms with Gasteiger partial charge in [0.15, 0.2) is 6.29 Å². The minimum atomic E-state index is -0.467. The smallest absolute Gasteiger partial charge is 0.249 e. The highest BCUT2D eigenvalue weighted by Gasteiger charge is 2.29. The number of nitrogens with two attached hydrogens (primary N) is 1. The maximum absolute atomic E-state index is 11.8. The average Bonchev–Trinajstić information content (AvgIpc) is 3.08. The van der Waals surface area contributed by atoms with Crippen LogP contribution in [0.15, 0.2) is 83.3 Å². The summed E-state index contributed by atoms with van der Waals surface area (Å²) in [4.78, 5) is 16.1. The third-order valence-electron chi connectivity index (χ3n) is 5.56. The maximum atomic E-state index is 11.8. The molecule has 0 fully saturated rings. The number of hydrogen-bond acceptors (Lipinski definition) is 6. The molecule has 8 heteroatoms. The first-order valence-corrected chi connectivity index (χ1v) is 10.2. The quantitative estimate of drug-likeness (QED) is 0.512. The van der Waals surface area contributed by atoms with Gasteiger partial charge in [-0.1, -0.05) is 36.4 Å². The number of carbonyl (C=O) groups excluding carboxylic acids is 1. The van der Waals surface area contributed by atoms with Gasteiger partial charge in [0.05, 0.1) is 23.4 Å². The third kappa shape index (κ3) is 3.74. The molecule has 0 aliphatic carbocycles. The molecule has 2 aliphatic rings. The van der Waals surface area contributed by atoms with Crippen LogP contribution in [0.25, 0.3) is 10.9 Å². The van der Waals surface area contributed by atoms with Crippen LogP contribution >= 0.6 is 0 Å². The van der Waals surface area contributed by atoms with Gasteiger partial charge in [0.2, 0.25) is 5.91 Å². The lowest BCUT2D eigenvalue weighted by atomic mass is 10.0. The van der Waals surface area contributed by atoms with Gasteiger partial charge in [0, 0.05) is 36.5 Å². The molecule has 0 bridgehead atoms. The summed E-state index contributed by atoms with van der Waals surface area (Å²) in [5, 5.41) is 16.0. The fourth-order valence-electron chi connectivity index (χ4n) is 4.03. The molecule has 5 N–H and O–H groups in total. The number of aromatic nitrogens is 2. The van der Waals surface area contributed by atoms with Crippen LogP contribution in [-0.4, -0.2) is 28.1 Å². The molecule has 0 radical (unpaired) electrons. The van der Waals surface area contributed by atoms with Gasteiger partial charge in [-0.25, -0.2) is 4.68 Å². The van der Waals surface area contributed by atoms with Crippen molar-refractivity contribution in [3.05, 3.63) is 89.4 Å². The second-order valence-corrected chi connectivity index (χ2v) is 7.50. The number of aliphatic imine (C=N–C) groups is 1. The first-order valence-electron chi connectivity index (χ1n) is 10.2. The summed E-state index contributed by atoms with van der Waals surface area (Å²) in [5.41, 5.74) is 10.2. The molecule has 8 nitrogen and oxygen atoms in total. The molecule has 3 heterocycles. The number of primary amides is 1. The van der Waals surface area contributed by atoms with E-state index in [-0.39, 0.29) is 12.5 Å². The Balaban J connectivity index is 1.48. The van der Waals surface area contributed by atoms with Crippen LogP contribution in [0.3, 0.4) is 0 Å². The zero-order valence-corrected chi connectivity index (χ0v) is 16.8. The first-order chi connectivity index (χ1) is 15.2. The lowest BCUT2D eigenvalue weighted by molar-refractivity contribution is 0.100. The monoisotopic (exact) mass is 413 g/mol. The first kappa shape index (κ1) is 19.2. The van der Waals surface area contributed by atoms with Crippen LogP contribution in [0.5, 0.6) is 0 Å². The van der Waals surface area contributed by atoms with E-state index in [2.05, 4.69) is 38.2 Å². The molecule has 156 valence electrons. The standard InChI is InChI=1S/C23H23N7O/c24-21(31)16-7-4-8-20-18(16)14-27-30(20)23-28-19-10-12-25-11-9-17(19)22(29-23)26-13-15-5-2-1-3-6-15/h1-8,10-12,14,22-23,26,28-29H,9,13H2,(H2,24,31). The van der Waals surface area contributed by atoms with E-state index in [0.29, 0.717) is 12.1 Å². The number of allylic oxidation sites excluding steroid dienone is 1. The van der Waals surface area contributed by atoms with Crippen molar-refractivity contribution in [2.45, 2.75) is 25.4 Å². The van der Waals surface area contributed by atoms with E-state index in [0.717, 1.165) is 23.0 Å². The third-order valence-corrected chi connectivity index (χ3v) is 5.56. The van der Waals surface area contributed by atoms with Crippen molar-refractivity contribution in [1.82, 2.24) is 25.7 Å². The van der Waals surface area contributed by atoms with E-state index >= 15 is 0 Å². The molecule has 0 spiro atoms. The molecule has 2 aliphatic heterocycles. The number of amides is 1. The summed E-state index contributed by atoms with van der Waals surface area (Å²) in [5.74, 6) is -0.467. The molecule has 0 saturated carbocycles. The van der Waals surface area contributed by atoms with Crippen molar-refractivity contribution < 1.29 is 4.79 Å². The molecule has 5 rings (SSSR count). The number of rotatable bonds is 5. The highest BCUT2D eigenvalue weighted by Crippen LogP contribution is 2.25. The summed E-state index contributed by atoms with van der Waals surface area (Å²) in [7, 11) is 0.